The van der Waals surface area contributed by atoms with Gasteiger partial charge in [-0.1, -0.05) is 47.1 Å². The number of hydrogen-bond acceptors (Lipinski definition) is 4. The van der Waals surface area contributed by atoms with Crippen LogP contribution in [0.1, 0.15) is 15.9 Å². The zero-order chi connectivity index (χ0) is 23.6. The van der Waals surface area contributed by atoms with Crippen molar-refractivity contribution >= 4 is 43.2 Å². The third-order valence-corrected chi connectivity index (χ3v) is 7.23. The molecule has 1 N–H and O–H groups in total. The van der Waals surface area contributed by atoms with Crippen molar-refractivity contribution in [2.24, 2.45) is 4.99 Å². The van der Waals surface area contributed by atoms with Crippen LogP contribution in [0.25, 0.3) is 10.2 Å². The Morgan fingerprint density at radius 3 is 2.61 bits per heavy atom. The summed E-state index contributed by atoms with van der Waals surface area (Å²) in [4.78, 5) is 17.4. The normalized spacial score (nSPS) is 12.0. The van der Waals surface area contributed by atoms with E-state index in [-0.39, 0.29) is 33.0 Å². The van der Waals surface area contributed by atoms with Gasteiger partial charge in [-0.15, -0.1) is 6.42 Å². The molecule has 0 radical (unpaired) electrons. The Balaban J connectivity index is 1.68. The first-order valence-corrected chi connectivity index (χ1v) is 12.1. The van der Waals surface area contributed by atoms with E-state index in [1.54, 1.807) is 30.3 Å². The number of sulfonamides is 1. The molecule has 9 heteroatoms. The largest absolute Gasteiger partial charge is 0.302 e. The van der Waals surface area contributed by atoms with Gasteiger partial charge < -0.3 is 4.57 Å². The lowest BCUT2D eigenvalue weighted by molar-refractivity contribution is 0.0998. The second kappa shape index (κ2) is 9.02. The standard InChI is InChI=1S/C24H18FN3O3S2/c1-3-14-28-22-20(25)8-5-9-21(22)32-24(28)26-23(29)17-6-4-7-18(15-17)27-33(30,31)19-12-10-16(2)11-13-19/h1,4-13,15,27H,14H2,2H3. The number of aromatic nitrogens is 1. The van der Waals surface area contributed by atoms with Crippen molar-refractivity contribution in [3.05, 3.63) is 88.5 Å². The number of thiazole rings is 1. The Kier molecular flexibility index (Phi) is 6.14. The predicted molar refractivity (Wildman–Crippen MR) is 127 cm³/mol. The van der Waals surface area contributed by atoms with Crippen LogP contribution in [0.3, 0.4) is 0 Å². The molecule has 4 rings (SSSR count). The topological polar surface area (TPSA) is 80.5 Å². The molecule has 0 fully saturated rings. The van der Waals surface area contributed by atoms with Gasteiger partial charge in [0.25, 0.3) is 15.9 Å². The number of para-hydroxylation sites is 1. The smallest absolute Gasteiger partial charge is 0.279 e. The Bertz CT molecular complexity index is 1580. The van der Waals surface area contributed by atoms with Crippen molar-refractivity contribution < 1.29 is 17.6 Å². The van der Waals surface area contributed by atoms with E-state index in [2.05, 4.69) is 15.6 Å². The molecule has 0 aliphatic heterocycles. The summed E-state index contributed by atoms with van der Waals surface area (Å²) < 4.78 is 44.2. The lowest BCUT2D eigenvalue weighted by atomic mass is 10.2. The van der Waals surface area contributed by atoms with Crippen molar-refractivity contribution in [2.45, 2.75) is 18.4 Å². The number of nitrogens with zero attached hydrogens (tertiary/aromatic N) is 2. The molecule has 0 aliphatic rings. The monoisotopic (exact) mass is 479 g/mol. The SMILES string of the molecule is C#CCn1c(=NC(=O)c2cccc(NS(=O)(=O)c3ccc(C)cc3)c2)sc2cccc(F)c21. The minimum Gasteiger partial charge on any atom is -0.302 e. The summed E-state index contributed by atoms with van der Waals surface area (Å²) >= 11 is 1.14. The fraction of sp³-hybridized carbons (Fsp3) is 0.0833. The third-order valence-electron chi connectivity index (χ3n) is 4.79. The van der Waals surface area contributed by atoms with Gasteiger partial charge >= 0.3 is 0 Å². The highest BCUT2D eigenvalue weighted by molar-refractivity contribution is 7.92. The zero-order valence-corrected chi connectivity index (χ0v) is 19.1. The molecule has 1 heterocycles. The van der Waals surface area contributed by atoms with Gasteiger partial charge in [0, 0.05) is 11.3 Å². The number of rotatable bonds is 5. The number of hydrogen-bond donors (Lipinski definition) is 1. The summed E-state index contributed by atoms with van der Waals surface area (Å²) in [6.45, 7) is 1.91. The Labute approximate surface area is 194 Å². The van der Waals surface area contributed by atoms with Crippen LogP contribution in [0.5, 0.6) is 0 Å². The molecular weight excluding hydrogens is 461 g/mol. The summed E-state index contributed by atoms with van der Waals surface area (Å²) in [5, 5.41) is 0. The van der Waals surface area contributed by atoms with E-state index in [9.17, 15) is 17.6 Å². The van der Waals surface area contributed by atoms with Crippen LogP contribution in [0.15, 0.2) is 76.6 Å². The molecule has 166 valence electrons. The Morgan fingerprint density at radius 1 is 1.15 bits per heavy atom. The predicted octanol–water partition coefficient (Wildman–Crippen LogP) is 4.33. The number of amides is 1. The summed E-state index contributed by atoms with van der Waals surface area (Å²) in [5.41, 5.74) is 1.61. The van der Waals surface area contributed by atoms with Gasteiger partial charge in [0.1, 0.15) is 5.82 Å². The second-order valence-corrected chi connectivity index (χ2v) is 9.87. The molecule has 1 amide bonds. The van der Waals surface area contributed by atoms with Crippen LogP contribution in [0.2, 0.25) is 0 Å². The fourth-order valence-corrected chi connectivity index (χ4v) is 5.30. The van der Waals surface area contributed by atoms with Gasteiger partial charge in [-0.3, -0.25) is 9.52 Å². The molecule has 3 aromatic carbocycles. The summed E-state index contributed by atoms with van der Waals surface area (Å²) in [5.74, 6) is 1.39. The average molecular weight is 480 g/mol. The first-order valence-electron chi connectivity index (χ1n) is 9.78. The summed E-state index contributed by atoms with van der Waals surface area (Å²) in [6, 6.07) is 17.0. The summed E-state index contributed by atoms with van der Waals surface area (Å²) in [6.07, 6.45) is 5.43. The van der Waals surface area contributed by atoms with E-state index in [1.165, 1.54) is 41.0 Å². The van der Waals surface area contributed by atoms with E-state index in [4.69, 9.17) is 6.42 Å². The summed E-state index contributed by atoms with van der Waals surface area (Å²) in [7, 11) is -3.83. The lowest BCUT2D eigenvalue weighted by Gasteiger charge is -2.09. The van der Waals surface area contributed by atoms with Crippen molar-refractivity contribution in [3.8, 4) is 12.3 Å². The molecule has 1 aromatic heterocycles. The van der Waals surface area contributed by atoms with Crippen molar-refractivity contribution in [1.82, 2.24) is 4.57 Å². The number of terminal acetylenes is 1. The van der Waals surface area contributed by atoms with Crippen LogP contribution in [0, 0.1) is 25.1 Å². The number of halogens is 1. The molecule has 0 bridgehead atoms. The van der Waals surface area contributed by atoms with E-state index in [0.717, 1.165) is 16.9 Å². The van der Waals surface area contributed by atoms with E-state index in [0.29, 0.717) is 4.70 Å². The molecule has 0 saturated carbocycles. The lowest BCUT2D eigenvalue weighted by Crippen LogP contribution is -2.17. The molecule has 0 atom stereocenters. The van der Waals surface area contributed by atoms with Gasteiger partial charge in [0.05, 0.1) is 21.7 Å². The molecule has 0 spiro atoms. The van der Waals surface area contributed by atoms with Gasteiger partial charge in [-0.25, -0.2) is 12.8 Å². The number of benzene rings is 3. The highest BCUT2D eigenvalue weighted by atomic mass is 32.2. The van der Waals surface area contributed by atoms with Crippen LogP contribution in [-0.4, -0.2) is 18.9 Å². The Morgan fingerprint density at radius 2 is 1.88 bits per heavy atom. The number of aryl methyl sites for hydroxylation is 1. The third kappa shape index (κ3) is 4.72. The van der Waals surface area contributed by atoms with Crippen molar-refractivity contribution in [2.75, 3.05) is 4.72 Å². The quantitative estimate of drug-likeness (QED) is 0.433. The van der Waals surface area contributed by atoms with Gasteiger partial charge in [0.15, 0.2) is 4.80 Å². The minimum absolute atomic E-state index is 0.0451. The second-order valence-electron chi connectivity index (χ2n) is 7.18. The van der Waals surface area contributed by atoms with Crippen LogP contribution < -0.4 is 9.52 Å². The van der Waals surface area contributed by atoms with Crippen molar-refractivity contribution in [3.63, 3.8) is 0 Å². The number of nitrogens with one attached hydrogen (secondary N) is 1. The average Bonchev–Trinajstić information content (AvgIpc) is 3.12. The molecule has 6 nitrogen and oxygen atoms in total. The van der Waals surface area contributed by atoms with Crippen LogP contribution in [-0.2, 0) is 16.6 Å². The van der Waals surface area contributed by atoms with E-state index < -0.39 is 21.7 Å². The van der Waals surface area contributed by atoms with E-state index in [1.807, 2.05) is 6.92 Å². The fourth-order valence-electron chi connectivity index (χ4n) is 3.21. The maximum atomic E-state index is 14.3. The first-order chi connectivity index (χ1) is 15.8. The molecule has 0 aliphatic carbocycles. The number of carbonyl (C=O) groups excluding carboxylic acids is 1. The zero-order valence-electron chi connectivity index (χ0n) is 17.4. The molecular formula is C24H18FN3O3S2. The first kappa shape index (κ1) is 22.5. The van der Waals surface area contributed by atoms with Gasteiger partial charge in [-0.05, 0) is 49.4 Å². The maximum absolute atomic E-state index is 14.3. The molecule has 0 unspecified atom stereocenters. The Hall–Kier alpha value is -3.74. The maximum Gasteiger partial charge on any atom is 0.279 e. The number of carbonyl (C=O) groups is 1. The van der Waals surface area contributed by atoms with Gasteiger partial charge in [0.2, 0.25) is 0 Å². The number of anilines is 1. The van der Waals surface area contributed by atoms with Crippen LogP contribution >= 0.6 is 11.3 Å². The molecule has 0 saturated heterocycles. The van der Waals surface area contributed by atoms with Gasteiger partial charge in [-0.2, -0.15) is 4.99 Å². The minimum atomic E-state index is -3.83. The van der Waals surface area contributed by atoms with E-state index >= 15 is 0 Å². The van der Waals surface area contributed by atoms with Crippen molar-refractivity contribution in [1.29, 1.82) is 0 Å². The molecule has 4 aromatic rings. The highest BCUT2D eigenvalue weighted by Crippen LogP contribution is 2.21. The van der Waals surface area contributed by atoms with Crippen LogP contribution in [0.4, 0.5) is 10.1 Å². The number of fused-ring (bicyclic) bond motifs is 1. The highest BCUT2D eigenvalue weighted by Gasteiger charge is 2.16. The molecule has 33 heavy (non-hydrogen) atoms.